The molecule has 0 aliphatic carbocycles. The second-order valence-electron chi connectivity index (χ2n) is 2.75. The second kappa shape index (κ2) is 3.73. The summed E-state index contributed by atoms with van der Waals surface area (Å²) in [7, 11) is 1.62. The summed E-state index contributed by atoms with van der Waals surface area (Å²) in [5.41, 5.74) is 5.23. The first kappa shape index (κ1) is 9.71. The molecule has 3 N–H and O–H groups in total. The van der Waals surface area contributed by atoms with E-state index in [-0.39, 0.29) is 5.69 Å². The Balaban J connectivity index is 2.29. The third-order valence-electron chi connectivity index (χ3n) is 1.70. The van der Waals surface area contributed by atoms with Crippen molar-refractivity contribution in [3.05, 3.63) is 22.9 Å². The highest BCUT2D eigenvalue weighted by molar-refractivity contribution is 7.99. The van der Waals surface area contributed by atoms with E-state index in [1.807, 2.05) is 0 Å². The zero-order chi connectivity index (χ0) is 10.8. The molecule has 0 saturated heterocycles. The fourth-order valence-corrected chi connectivity index (χ4v) is 1.70. The van der Waals surface area contributed by atoms with Gasteiger partial charge in [0, 0.05) is 13.1 Å². The van der Waals surface area contributed by atoms with E-state index in [0.717, 1.165) is 0 Å². The Kier molecular flexibility index (Phi) is 2.42. The summed E-state index contributed by atoms with van der Waals surface area (Å²) in [6.07, 6.45) is 1.36. The van der Waals surface area contributed by atoms with Gasteiger partial charge in [0.05, 0.1) is 0 Å². The average Bonchev–Trinajstić information content (AvgIpc) is 2.50. The number of nitrogens with zero attached hydrogens (tertiary/aromatic N) is 4. The Morgan fingerprint density at radius 1 is 1.53 bits per heavy atom. The number of anilines is 1. The Hall–Kier alpha value is -1.83. The Bertz CT molecular complexity index is 532. The summed E-state index contributed by atoms with van der Waals surface area (Å²) in [5, 5.41) is 7.33. The van der Waals surface area contributed by atoms with Crippen molar-refractivity contribution in [2.75, 3.05) is 5.73 Å². The van der Waals surface area contributed by atoms with E-state index in [2.05, 4.69) is 20.2 Å². The maximum absolute atomic E-state index is 11.1. The van der Waals surface area contributed by atoms with Crippen LogP contribution in [0.25, 0.3) is 0 Å². The van der Waals surface area contributed by atoms with Crippen LogP contribution in [0.15, 0.2) is 27.4 Å². The van der Waals surface area contributed by atoms with E-state index in [0.29, 0.717) is 16.0 Å². The smallest absolute Gasteiger partial charge is 0.343 e. The molecule has 0 atom stereocenters. The summed E-state index contributed by atoms with van der Waals surface area (Å²) in [5.74, 6) is 0.382. The van der Waals surface area contributed by atoms with Crippen LogP contribution in [0.1, 0.15) is 0 Å². The van der Waals surface area contributed by atoms with Gasteiger partial charge in [-0.1, -0.05) is 0 Å². The normalized spacial score (nSPS) is 10.5. The highest BCUT2D eigenvalue weighted by Crippen LogP contribution is 2.22. The van der Waals surface area contributed by atoms with Crippen molar-refractivity contribution in [3.8, 4) is 0 Å². The predicted molar refractivity (Wildman–Crippen MR) is 54.4 cm³/mol. The van der Waals surface area contributed by atoms with Crippen LogP contribution in [0.5, 0.6) is 0 Å². The van der Waals surface area contributed by atoms with E-state index >= 15 is 0 Å². The lowest BCUT2D eigenvalue weighted by atomic mass is 10.6. The number of nitrogens with one attached hydrogen (secondary N) is 1. The Morgan fingerprint density at radius 2 is 2.33 bits per heavy atom. The first-order valence-corrected chi connectivity index (χ1v) is 4.85. The van der Waals surface area contributed by atoms with Crippen LogP contribution in [-0.2, 0) is 7.05 Å². The van der Waals surface area contributed by atoms with E-state index in [1.165, 1.54) is 22.7 Å². The highest BCUT2D eigenvalue weighted by Gasteiger charge is 2.07. The molecular weight excluding hydrogens is 216 g/mol. The van der Waals surface area contributed by atoms with E-state index < -0.39 is 0 Å². The van der Waals surface area contributed by atoms with Gasteiger partial charge in [-0.15, -0.1) is 5.10 Å². The highest BCUT2D eigenvalue weighted by atomic mass is 32.2. The van der Waals surface area contributed by atoms with Crippen LogP contribution in [0.2, 0.25) is 0 Å². The summed E-state index contributed by atoms with van der Waals surface area (Å²) in [6.45, 7) is 0. The van der Waals surface area contributed by atoms with Crippen molar-refractivity contribution in [2.45, 2.75) is 10.2 Å². The van der Waals surface area contributed by atoms with Crippen LogP contribution in [0.3, 0.4) is 0 Å². The third kappa shape index (κ3) is 1.99. The number of hydrogen-bond acceptors (Lipinski definition) is 6. The van der Waals surface area contributed by atoms with Crippen molar-refractivity contribution in [1.82, 2.24) is 24.7 Å². The fraction of sp³-hybridized carbons (Fsp3) is 0.143. The van der Waals surface area contributed by atoms with Gasteiger partial charge in [0.25, 0.3) is 0 Å². The average molecular weight is 224 g/mol. The predicted octanol–water partition coefficient (Wildman–Crippen LogP) is -0.368. The molecule has 2 aromatic heterocycles. The summed E-state index contributed by atoms with van der Waals surface area (Å²) in [4.78, 5) is 18.8. The van der Waals surface area contributed by atoms with Gasteiger partial charge in [-0.05, 0) is 11.8 Å². The maximum Gasteiger partial charge on any atom is 0.343 e. The van der Waals surface area contributed by atoms with Crippen LogP contribution in [-0.4, -0.2) is 24.7 Å². The van der Waals surface area contributed by atoms with Gasteiger partial charge in [-0.2, -0.15) is 0 Å². The number of rotatable bonds is 2. The maximum atomic E-state index is 11.1. The summed E-state index contributed by atoms with van der Waals surface area (Å²) >= 11 is 1.24. The molecular formula is C7H8N6OS. The number of aromatic amines is 1. The van der Waals surface area contributed by atoms with E-state index in [4.69, 9.17) is 5.73 Å². The molecule has 7 nitrogen and oxygen atoms in total. The third-order valence-corrected chi connectivity index (χ3v) is 2.68. The molecule has 2 heterocycles. The van der Waals surface area contributed by atoms with Crippen LogP contribution < -0.4 is 11.4 Å². The van der Waals surface area contributed by atoms with E-state index in [9.17, 15) is 4.79 Å². The molecule has 0 unspecified atom stereocenters. The van der Waals surface area contributed by atoms with Gasteiger partial charge in [0.1, 0.15) is 17.2 Å². The molecule has 0 aliphatic rings. The molecule has 8 heteroatoms. The molecule has 0 fully saturated rings. The minimum atomic E-state index is -0.264. The topological polar surface area (TPSA) is 102 Å². The number of nitrogen functional groups attached to an aromatic ring is 1. The van der Waals surface area contributed by atoms with Crippen molar-refractivity contribution in [1.29, 1.82) is 0 Å². The van der Waals surface area contributed by atoms with Crippen LogP contribution in [0.4, 0.5) is 5.82 Å². The molecule has 0 aromatic carbocycles. The van der Waals surface area contributed by atoms with Gasteiger partial charge < -0.3 is 5.73 Å². The molecule has 15 heavy (non-hydrogen) atoms. The standard InChI is InChI=1S/C7H8N6OS/c1-13-6(14)11-12-7(13)15-5-2-4(8)9-3-10-5/h2-3H,1H3,(H,11,14)(H2,8,9,10). The van der Waals surface area contributed by atoms with Gasteiger partial charge in [0.15, 0.2) is 5.16 Å². The van der Waals surface area contributed by atoms with Crippen molar-refractivity contribution < 1.29 is 0 Å². The Morgan fingerprint density at radius 3 is 2.93 bits per heavy atom. The first-order chi connectivity index (χ1) is 7.16. The number of nitrogens with two attached hydrogens (primary N) is 1. The largest absolute Gasteiger partial charge is 0.384 e. The lowest BCUT2D eigenvalue weighted by Crippen LogP contribution is -2.12. The molecule has 0 amide bonds. The van der Waals surface area contributed by atoms with E-state index in [1.54, 1.807) is 13.1 Å². The van der Waals surface area contributed by atoms with Crippen molar-refractivity contribution in [2.24, 2.45) is 7.05 Å². The molecule has 2 aromatic rings. The molecule has 0 aliphatic heterocycles. The van der Waals surface area contributed by atoms with Gasteiger partial charge in [0.2, 0.25) is 0 Å². The summed E-state index contributed by atoms with van der Waals surface area (Å²) < 4.78 is 1.39. The van der Waals surface area contributed by atoms with Crippen LogP contribution >= 0.6 is 11.8 Å². The number of H-pyrrole nitrogens is 1. The molecule has 0 spiro atoms. The van der Waals surface area contributed by atoms with Gasteiger partial charge in [-0.25, -0.2) is 19.9 Å². The molecule has 0 bridgehead atoms. The Labute approximate surface area is 88.7 Å². The van der Waals surface area contributed by atoms with Gasteiger partial charge >= 0.3 is 5.69 Å². The molecule has 2 rings (SSSR count). The van der Waals surface area contributed by atoms with Crippen molar-refractivity contribution in [3.63, 3.8) is 0 Å². The quantitative estimate of drug-likeness (QED) is 0.675. The minimum Gasteiger partial charge on any atom is -0.384 e. The number of hydrogen-bond donors (Lipinski definition) is 2. The minimum absolute atomic E-state index is 0.264. The van der Waals surface area contributed by atoms with Gasteiger partial charge in [-0.3, -0.25) is 4.57 Å². The lowest BCUT2D eigenvalue weighted by molar-refractivity contribution is 0.764. The molecule has 0 radical (unpaired) electrons. The van der Waals surface area contributed by atoms with Crippen molar-refractivity contribution >= 4 is 17.6 Å². The first-order valence-electron chi connectivity index (χ1n) is 4.03. The fourth-order valence-electron chi connectivity index (χ4n) is 0.927. The van der Waals surface area contributed by atoms with Crippen LogP contribution in [0, 0.1) is 0 Å². The monoisotopic (exact) mass is 224 g/mol. The SMILES string of the molecule is Cn1c(Sc2cc(N)ncn2)n[nH]c1=O. The zero-order valence-electron chi connectivity index (χ0n) is 7.84. The number of aromatic nitrogens is 5. The second-order valence-corrected chi connectivity index (χ2v) is 3.74. The molecule has 0 saturated carbocycles. The zero-order valence-corrected chi connectivity index (χ0v) is 8.65. The lowest BCUT2D eigenvalue weighted by Gasteiger charge is -1.98. The molecule has 78 valence electrons. The summed E-state index contributed by atoms with van der Waals surface area (Å²) in [6, 6.07) is 1.61.